The highest BCUT2D eigenvalue weighted by molar-refractivity contribution is 6.31. The number of benzene rings is 2. The molecule has 1 unspecified atom stereocenters. The van der Waals surface area contributed by atoms with Crippen LogP contribution >= 0.6 is 11.6 Å². The van der Waals surface area contributed by atoms with Gasteiger partial charge in [-0.2, -0.15) is 0 Å². The fraction of sp³-hybridized carbons (Fsp3) is 0.478. The Kier molecular flexibility index (Phi) is 8.87. The van der Waals surface area contributed by atoms with Crippen molar-refractivity contribution in [3.05, 3.63) is 64.2 Å². The van der Waals surface area contributed by atoms with Gasteiger partial charge >= 0.3 is 0 Å². The first-order valence-corrected chi connectivity index (χ1v) is 10.8. The number of aliphatic hydroxyl groups is 6. The molecule has 0 amide bonds. The molecule has 0 aliphatic carbocycles. The lowest BCUT2D eigenvalue weighted by molar-refractivity contribution is -0.141. The van der Waals surface area contributed by atoms with Gasteiger partial charge in [0, 0.05) is 11.4 Å². The summed E-state index contributed by atoms with van der Waals surface area (Å²) in [6.45, 7) is 0.490. The van der Waals surface area contributed by atoms with E-state index in [0.29, 0.717) is 30.2 Å². The smallest absolute Gasteiger partial charge is 0.124 e. The molecular formula is C23H29ClO8. The van der Waals surface area contributed by atoms with Crippen molar-refractivity contribution in [1.29, 1.82) is 0 Å². The maximum atomic E-state index is 10.5. The molecule has 1 saturated heterocycles. The largest absolute Gasteiger partial charge is 0.488 e. The Hall–Kier alpha value is -1.75. The van der Waals surface area contributed by atoms with Crippen molar-refractivity contribution in [2.75, 3.05) is 19.8 Å². The van der Waals surface area contributed by atoms with Crippen molar-refractivity contribution in [2.45, 2.75) is 49.5 Å². The van der Waals surface area contributed by atoms with Gasteiger partial charge in [-0.05, 0) is 41.3 Å². The van der Waals surface area contributed by atoms with Crippen molar-refractivity contribution in [3.63, 3.8) is 0 Å². The van der Waals surface area contributed by atoms with Crippen molar-refractivity contribution < 1.29 is 40.1 Å². The van der Waals surface area contributed by atoms with Gasteiger partial charge in [0.15, 0.2) is 0 Å². The number of halogens is 1. The van der Waals surface area contributed by atoms with Crippen LogP contribution in [0.5, 0.6) is 5.75 Å². The molecule has 2 aromatic carbocycles. The molecular weight excluding hydrogens is 440 g/mol. The fourth-order valence-electron chi connectivity index (χ4n) is 3.54. The SMILES string of the molecule is OCC(O)[C@@H](O)[C@H](O)[C@@H](O)[C@H](O)c1ccc(Cl)c(Cc2ccc(O[C@H]3CCOC3)cc2)c1. The van der Waals surface area contributed by atoms with E-state index in [-0.39, 0.29) is 11.7 Å². The molecule has 9 heteroatoms. The zero-order chi connectivity index (χ0) is 23.3. The Labute approximate surface area is 191 Å². The minimum atomic E-state index is -1.87. The molecule has 0 aromatic heterocycles. The van der Waals surface area contributed by atoms with Crippen LogP contribution in [0.4, 0.5) is 0 Å². The lowest BCUT2D eigenvalue weighted by Gasteiger charge is -2.28. The molecule has 176 valence electrons. The van der Waals surface area contributed by atoms with Crippen LogP contribution in [0.1, 0.15) is 29.2 Å². The molecule has 6 atom stereocenters. The highest BCUT2D eigenvalue weighted by Gasteiger charge is 2.34. The van der Waals surface area contributed by atoms with E-state index in [0.717, 1.165) is 17.7 Å². The maximum absolute atomic E-state index is 10.5. The summed E-state index contributed by atoms with van der Waals surface area (Å²) < 4.78 is 11.2. The Morgan fingerprint density at radius 1 is 0.969 bits per heavy atom. The lowest BCUT2D eigenvalue weighted by Crippen LogP contribution is -2.47. The minimum absolute atomic E-state index is 0.0623. The third-order valence-electron chi connectivity index (χ3n) is 5.52. The summed E-state index contributed by atoms with van der Waals surface area (Å²) in [6.07, 6.45) is -7.31. The van der Waals surface area contributed by atoms with Gasteiger partial charge in [0.2, 0.25) is 0 Å². The average molecular weight is 469 g/mol. The first-order chi connectivity index (χ1) is 15.3. The Balaban J connectivity index is 1.68. The Morgan fingerprint density at radius 2 is 1.69 bits per heavy atom. The van der Waals surface area contributed by atoms with Crippen LogP contribution in [0, 0.1) is 0 Å². The third kappa shape index (κ3) is 6.18. The van der Waals surface area contributed by atoms with E-state index < -0.39 is 37.1 Å². The normalized spacial score (nSPS) is 21.0. The summed E-state index contributed by atoms with van der Waals surface area (Å²) in [6, 6.07) is 12.2. The first-order valence-electron chi connectivity index (χ1n) is 10.4. The second kappa shape index (κ2) is 11.4. The quantitative estimate of drug-likeness (QED) is 0.297. The second-order valence-corrected chi connectivity index (χ2v) is 8.35. The average Bonchev–Trinajstić information content (AvgIpc) is 3.32. The molecule has 0 bridgehead atoms. The van der Waals surface area contributed by atoms with Crippen molar-refractivity contribution >= 4 is 11.6 Å². The molecule has 1 aliphatic rings. The van der Waals surface area contributed by atoms with E-state index in [4.69, 9.17) is 26.2 Å². The van der Waals surface area contributed by atoms with Crippen LogP contribution in [-0.2, 0) is 11.2 Å². The summed E-state index contributed by atoms with van der Waals surface area (Å²) >= 11 is 6.32. The Bertz CT molecular complexity index is 856. The van der Waals surface area contributed by atoms with Crippen LogP contribution in [-0.4, -0.2) is 81.0 Å². The van der Waals surface area contributed by atoms with E-state index in [1.807, 2.05) is 24.3 Å². The molecule has 6 N–H and O–H groups in total. The van der Waals surface area contributed by atoms with Crippen LogP contribution in [0.25, 0.3) is 0 Å². The number of rotatable bonds is 10. The molecule has 2 aromatic rings. The Morgan fingerprint density at radius 3 is 2.31 bits per heavy atom. The predicted octanol–water partition coefficient (Wildman–Crippen LogP) is 0.568. The summed E-state index contributed by atoms with van der Waals surface area (Å²) in [7, 11) is 0. The maximum Gasteiger partial charge on any atom is 0.124 e. The summed E-state index contributed by atoms with van der Waals surface area (Å²) in [5, 5.41) is 59.4. The summed E-state index contributed by atoms with van der Waals surface area (Å²) in [5.41, 5.74) is 1.93. The van der Waals surface area contributed by atoms with E-state index in [2.05, 4.69) is 0 Å². The number of hydrogen-bond donors (Lipinski definition) is 6. The molecule has 3 rings (SSSR count). The fourth-order valence-corrected chi connectivity index (χ4v) is 3.72. The standard InChI is InChI=1S/C23H29ClO8/c24-18-6-3-14(20(27)22(29)23(30)21(28)19(26)11-25)10-15(18)9-13-1-4-16(5-2-13)32-17-7-8-31-12-17/h1-6,10,17,19-23,25-30H,7-9,11-12H2/t17-,19?,20+,21+,22-,23-/m0/s1. The number of ether oxygens (including phenoxy) is 2. The zero-order valence-corrected chi connectivity index (χ0v) is 18.2. The van der Waals surface area contributed by atoms with Gasteiger partial charge in [0.25, 0.3) is 0 Å². The minimum Gasteiger partial charge on any atom is -0.488 e. The third-order valence-corrected chi connectivity index (χ3v) is 5.89. The number of aliphatic hydroxyl groups excluding tert-OH is 6. The molecule has 0 spiro atoms. The van der Waals surface area contributed by atoms with Crippen molar-refractivity contribution in [3.8, 4) is 5.75 Å². The molecule has 0 saturated carbocycles. The zero-order valence-electron chi connectivity index (χ0n) is 17.4. The van der Waals surface area contributed by atoms with Gasteiger partial charge in [-0.25, -0.2) is 0 Å². The van der Waals surface area contributed by atoms with Gasteiger partial charge in [-0.15, -0.1) is 0 Å². The van der Waals surface area contributed by atoms with Crippen LogP contribution < -0.4 is 4.74 Å². The summed E-state index contributed by atoms with van der Waals surface area (Å²) in [5.74, 6) is 0.750. The van der Waals surface area contributed by atoms with E-state index in [1.54, 1.807) is 12.1 Å². The highest BCUT2D eigenvalue weighted by atomic mass is 35.5. The molecule has 0 radical (unpaired) electrons. The van der Waals surface area contributed by atoms with E-state index >= 15 is 0 Å². The first kappa shape index (κ1) is 24.9. The van der Waals surface area contributed by atoms with Crippen LogP contribution in [0.15, 0.2) is 42.5 Å². The van der Waals surface area contributed by atoms with Gasteiger partial charge in [0.1, 0.15) is 42.4 Å². The monoisotopic (exact) mass is 468 g/mol. The second-order valence-electron chi connectivity index (χ2n) is 7.94. The van der Waals surface area contributed by atoms with E-state index in [9.17, 15) is 25.5 Å². The van der Waals surface area contributed by atoms with Crippen molar-refractivity contribution in [1.82, 2.24) is 0 Å². The topological polar surface area (TPSA) is 140 Å². The van der Waals surface area contributed by atoms with Gasteiger partial charge in [0.05, 0.1) is 19.8 Å². The van der Waals surface area contributed by atoms with Gasteiger partial charge in [-0.1, -0.05) is 35.9 Å². The molecule has 1 aliphatic heterocycles. The molecule has 8 nitrogen and oxygen atoms in total. The lowest BCUT2D eigenvalue weighted by atomic mass is 9.93. The van der Waals surface area contributed by atoms with E-state index in [1.165, 1.54) is 6.07 Å². The predicted molar refractivity (Wildman–Crippen MR) is 117 cm³/mol. The highest BCUT2D eigenvalue weighted by Crippen LogP contribution is 2.28. The van der Waals surface area contributed by atoms with Crippen LogP contribution in [0.2, 0.25) is 5.02 Å². The van der Waals surface area contributed by atoms with Crippen molar-refractivity contribution in [2.24, 2.45) is 0 Å². The van der Waals surface area contributed by atoms with Gasteiger partial charge < -0.3 is 40.1 Å². The molecule has 1 heterocycles. The molecule has 1 fully saturated rings. The van der Waals surface area contributed by atoms with Crippen LogP contribution in [0.3, 0.4) is 0 Å². The number of hydrogen-bond acceptors (Lipinski definition) is 8. The molecule has 32 heavy (non-hydrogen) atoms. The summed E-state index contributed by atoms with van der Waals surface area (Å²) in [4.78, 5) is 0. The van der Waals surface area contributed by atoms with Gasteiger partial charge in [-0.3, -0.25) is 0 Å².